The lowest BCUT2D eigenvalue weighted by molar-refractivity contribution is -0.131. The first kappa shape index (κ1) is 14.7. The van der Waals surface area contributed by atoms with Crippen LogP contribution in [0.15, 0.2) is 30.3 Å². The summed E-state index contributed by atoms with van der Waals surface area (Å²) in [6.45, 7) is 3.09. The molecule has 1 aromatic rings. The standard InChI is InChI=1S/C15H19NO4/c17-11-14-10-16(7-8-20-14)9-13-3-1-12(2-4-13)5-6-15(18)19/h1-6,14,17H,7-11H2,(H,18,19)/b6-5+. The Morgan fingerprint density at radius 3 is 2.80 bits per heavy atom. The van der Waals surface area contributed by atoms with Gasteiger partial charge in [-0.25, -0.2) is 4.79 Å². The average molecular weight is 277 g/mol. The molecule has 1 fully saturated rings. The summed E-state index contributed by atoms with van der Waals surface area (Å²) in [7, 11) is 0. The summed E-state index contributed by atoms with van der Waals surface area (Å²) in [6.07, 6.45) is 2.60. The summed E-state index contributed by atoms with van der Waals surface area (Å²) < 4.78 is 5.41. The van der Waals surface area contributed by atoms with Crippen LogP contribution in [0.3, 0.4) is 0 Å². The molecule has 5 nitrogen and oxygen atoms in total. The lowest BCUT2D eigenvalue weighted by Crippen LogP contribution is -2.43. The molecule has 0 aliphatic carbocycles. The molecule has 0 saturated carbocycles. The summed E-state index contributed by atoms with van der Waals surface area (Å²) in [5, 5.41) is 17.7. The highest BCUT2D eigenvalue weighted by molar-refractivity contribution is 5.85. The number of carboxylic acid groups (broad SMARTS) is 1. The molecule has 0 aromatic heterocycles. The minimum atomic E-state index is -0.947. The van der Waals surface area contributed by atoms with E-state index in [9.17, 15) is 4.79 Å². The van der Waals surface area contributed by atoms with Gasteiger partial charge in [-0.2, -0.15) is 0 Å². The van der Waals surface area contributed by atoms with Crippen LogP contribution in [0.2, 0.25) is 0 Å². The molecule has 1 atom stereocenters. The Labute approximate surface area is 118 Å². The normalized spacial score (nSPS) is 20.4. The van der Waals surface area contributed by atoms with Crippen molar-refractivity contribution in [2.45, 2.75) is 12.6 Å². The van der Waals surface area contributed by atoms with Crippen molar-refractivity contribution < 1.29 is 19.7 Å². The highest BCUT2D eigenvalue weighted by atomic mass is 16.5. The number of carboxylic acids is 1. The topological polar surface area (TPSA) is 70.0 Å². The third-order valence-corrected chi connectivity index (χ3v) is 3.23. The fraction of sp³-hybridized carbons (Fsp3) is 0.400. The van der Waals surface area contributed by atoms with E-state index in [1.807, 2.05) is 24.3 Å². The minimum absolute atomic E-state index is 0.0510. The van der Waals surface area contributed by atoms with Gasteiger partial charge in [-0.1, -0.05) is 24.3 Å². The zero-order valence-corrected chi connectivity index (χ0v) is 11.2. The molecule has 1 aliphatic rings. The van der Waals surface area contributed by atoms with Gasteiger partial charge in [0, 0.05) is 25.7 Å². The summed E-state index contributed by atoms with van der Waals surface area (Å²) >= 11 is 0. The smallest absolute Gasteiger partial charge is 0.328 e. The van der Waals surface area contributed by atoms with Gasteiger partial charge in [0.25, 0.3) is 0 Å². The number of benzene rings is 1. The number of nitrogens with zero attached hydrogens (tertiary/aromatic N) is 1. The second-order valence-electron chi connectivity index (χ2n) is 4.82. The summed E-state index contributed by atoms with van der Waals surface area (Å²) in [5.74, 6) is -0.947. The molecule has 1 saturated heterocycles. The van der Waals surface area contributed by atoms with Crippen LogP contribution in [0, 0.1) is 0 Å². The van der Waals surface area contributed by atoms with Gasteiger partial charge in [-0.15, -0.1) is 0 Å². The maximum absolute atomic E-state index is 10.4. The predicted molar refractivity (Wildman–Crippen MR) is 75.2 cm³/mol. The molecule has 1 aliphatic heterocycles. The Kier molecular flexibility index (Phi) is 5.29. The maximum atomic E-state index is 10.4. The van der Waals surface area contributed by atoms with Crippen LogP contribution in [-0.4, -0.2) is 53.5 Å². The highest BCUT2D eigenvalue weighted by Crippen LogP contribution is 2.12. The Morgan fingerprint density at radius 1 is 1.40 bits per heavy atom. The van der Waals surface area contributed by atoms with E-state index < -0.39 is 5.97 Å². The molecular weight excluding hydrogens is 258 g/mol. The average Bonchev–Trinajstić information content (AvgIpc) is 2.47. The van der Waals surface area contributed by atoms with Gasteiger partial charge < -0.3 is 14.9 Å². The third-order valence-electron chi connectivity index (χ3n) is 3.23. The van der Waals surface area contributed by atoms with Crippen molar-refractivity contribution in [3.8, 4) is 0 Å². The number of ether oxygens (including phenoxy) is 1. The molecular formula is C15H19NO4. The van der Waals surface area contributed by atoms with Crippen LogP contribution in [0.5, 0.6) is 0 Å². The maximum Gasteiger partial charge on any atom is 0.328 e. The van der Waals surface area contributed by atoms with E-state index in [1.165, 1.54) is 0 Å². The fourth-order valence-corrected chi connectivity index (χ4v) is 2.19. The molecule has 1 heterocycles. The number of carbonyl (C=O) groups is 1. The van der Waals surface area contributed by atoms with Gasteiger partial charge in [0.15, 0.2) is 0 Å². The van der Waals surface area contributed by atoms with E-state index in [-0.39, 0.29) is 12.7 Å². The zero-order valence-electron chi connectivity index (χ0n) is 11.2. The van der Waals surface area contributed by atoms with Gasteiger partial charge in [0.1, 0.15) is 0 Å². The van der Waals surface area contributed by atoms with Gasteiger partial charge in [-0.05, 0) is 17.2 Å². The van der Waals surface area contributed by atoms with E-state index in [2.05, 4.69) is 4.90 Å². The first-order chi connectivity index (χ1) is 9.67. The second-order valence-corrected chi connectivity index (χ2v) is 4.82. The Bertz CT molecular complexity index is 469. The van der Waals surface area contributed by atoms with Crippen LogP contribution in [0.1, 0.15) is 11.1 Å². The van der Waals surface area contributed by atoms with Gasteiger partial charge in [-0.3, -0.25) is 4.90 Å². The molecule has 1 unspecified atom stereocenters. The van der Waals surface area contributed by atoms with Crippen molar-refractivity contribution in [2.75, 3.05) is 26.3 Å². The molecule has 108 valence electrons. The lowest BCUT2D eigenvalue weighted by atomic mass is 10.1. The number of aliphatic hydroxyl groups excluding tert-OH is 1. The van der Waals surface area contributed by atoms with Crippen LogP contribution in [0.25, 0.3) is 6.08 Å². The highest BCUT2D eigenvalue weighted by Gasteiger charge is 2.19. The third kappa shape index (κ3) is 4.45. The van der Waals surface area contributed by atoms with Crippen molar-refractivity contribution in [2.24, 2.45) is 0 Å². The molecule has 2 rings (SSSR count). The molecule has 0 spiro atoms. The Hall–Kier alpha value is -1.69. The van der Waals surface area contributed by atoms with E-state index in [4.69, 9.17) is 14.9 Å². The Morgan fingerprint density at radius 2 is 2.15 bits per heavy atom. The molecule has 0 radical (unpaired) electrons. The Balaban J connectivity index is 1.91. The van der Waals surface area contributed by atoms with Crippen molar-refractivity contribution >= 4 is 12.0 Å². The molecule has 1 aromatic carbocycles. The first-order valence-electron chi connectivity index (χ1n) is 6.62. The van der Waals surface area contributed by atoms with Gasteiger partial charge >= 0.3 is 5.97 Å². The monoisotopic (exact) mass is 277 g/mol. The van der Waals surface area contributed by atoms with Crippen molar-refractivity contribution in [1.82, 2.24) is 4.90 Å². The zero-order chi connectivity index (χ0) is 14.4. The van der Waals surface area contributed by atoms with Crippen LogP contribution in [-0.2, 0) is 16.1 Å². The van der Waals surface area contributed by atoms with E-state index in [0.29, 0.717) is 6.61 Å². The number of aliphatic carboxylic acids is 1. The molecule has 2 N–H and O–H groups in total. The SMILES string of the molecule is O=C(O)/C=C/c1ccc(CN2CCOC(CO)C2)cc1. The van der Waals surface area contributed by atoms with Crippen molar-refractivity contribution in [1.29, 1.82) is 0 Å². The van der Waals surface area contributed by atoms with Gasteiger partial charge in [0.05, 0.1) is 19.3 Å². The first-order valence-corrected chi connectivity index (χ1v) is 6.62. The second kappa shape index (κ2) is 7.19. The molecule has 5 heteroatoms. The van der Waals surface area contributed by atoms with Crippen LogP contribution < -0.4 is 0 Å². The quantitative estimate of drug-likeness (QED) is 0.785. The summed E-state index contributed by atoms with van der Waals surface area (Å²) in [6, 6.07) is 7.79. The van der Waals surface area contributed by atoms with Crippen molar-refractivity contribution in [3.05, 3.63) is 41.5 Å². The van der Waals surface area contributed by atoms with E-state index in [1.54, 1.807) is 6.08 Å². The number of morpholine rings is 1. The summed E-state index contributed by atoms with van der Waals surface area (Å²) in [5.41, 5.74) is 2.03. The van der Waals surface area contributed by atoms with E-state index in [0.717, 1.165) is 36.8 Å². The predicted octanol–water partition coefficient (Wildman–Crippen LogP) is 0.977. The van der Waals surface area contributed by atoms with E-state index >= 15 is 0 Å². The molecule has 0 bridgehead atoms. The number of aliphatic hydroxyl groups is 1. The van der Waals surface area contributed by atoms with Crippen LogP contribution in [0.4, 0.5) is 0 Å². The molecule has 20 heavy (non-hydrogen) atoms. The summed E-state index contributed by atoms with van der Waals surface area (Å²) in [4.78, 5) is 12.7. The van der Waals surface area contributed by atoms with Gasteiger partial charge in [0.2, 0.25) is 0 Å². The largest absolute Gasteiger partial charge is 0.478 e. The lowest BCUT2D eigenvalue weighted by Gasteiger charge is -2.32. The van der Waals surface area contributed by atoms with Crippen LogP contribution >= 0.6 is 0 Å². The van der Waals surface area contributed by atoms with Crippen molar-refractivity contribution in [3.63, 3.8) is 0 Å². The molecule has 0 amide bonds. The fourth-order valence-electron chi connectivity index (χ4n) is 2.19. The number of hydrogen-bond donors (Lipinski definition) is 2. The number of rotatable bonds is 5. The number of hydrogen-bond acceptors (Lipinski definition) is 4. The minimum Gasteiger partial charge on any atom is -0.478 e.